The molecule has 0 spiro atoms. The Morgan fingerprint density at radius 3 is 2.50 bits per heavy atom. The van der Waals surface area contributed by atoms with Crippen LogP contribution in [0.25, 0.3) is 0 Å². The van der Waals surface area contributed by atoms with Crippen LogP contribution in [0, 0.1) is 6.92 Å². The van der Waals surface area contributed by atoms with Gasteiger partial charge in [0.05, 0.1) is 13.7 Å². The lowest BCUT2D eigenvalue weighted by molar-refractivity contribution is -0.127. The maximum Gasteiger partial charge on any atom is 0.260 e. The van der Waals surface area contributed by atoms with E-state index in [0.29, 0.717) is 24.7 Å². The lowest BCUT2D eigenvalue weighted by Gasteiger charge is -2.15. The summed E-state index contributed by atoms with van der Waals surface area (Å²) in [6.07, 6.45) is -0.600. The van der Waals surface area contributed by atoms with Crippen molar-refractivity contribution in [3.05, 3.63) is 54.1 Å². The van der Waals surface area contributed by atoms with Gasteiger partial charge in [0.25, 0.3) is 5.91 Å². The van der Waals surface area contributed by atoms with Crippen LogP contribution in [0.15, 0.2) is 48.5 Å². The minimum atomic E-state index is -0.600. The first-order chi connectivity index (χ1) is 11.6. The van der Waals surface area contributed by atoms with Gasteiger partial charge in [-0.25, -0.2) is 0 Å². The summed E-state index contributed by atoms with van der Waals surface area (Å²) in [6, 6.07) is 14.9. The van der Waals surface area contributed by atoms with Gasteiger partial charge in [-0.1, -0.05) is 23.8 Å². The summed E-state index contributed by atoms with van der Waals surface area (Å²) in [6.45, 7) is 4.54. The highest BCUT2D eigenvalue weighted by molar-refractivity contribution is 5.80. The number of ether oxygens (including phenoxy) is 3. The van der Waals surface area contributed by atoms with E-state index < -0.39 is 6.10 Å². The summed E-state index contributed by atoms with van der Waals surface area (Å²) in [4.78, 5) is 12.0. The van der Waals surface area contributed by atoms with Gasteiger partial charge in [-0.05, 0) is 38.1 Å². The van der Waals surface area contributed by atoms with E-state index in [1.807, 2.05) is 43.3 Å². The molecular formula is C19H23NO4. The zero-order valence-electron chi connectivity index (χ0n) is 14.2. The van der Waals surface area contributed by atoms with Gasteiger partial charge in [0.2, 0.25) is 0 Å². The number of amides is 1. The van der Waals surface area contributed by atoms with Crippen molar-refractivity contribution in [1.29, 1.82) is 0 Å². The Kier molecular flexibility index (Phi) is 6.49. The van der Waals surface area contributed by atoms with Gasteiger partial charge in [-0.3, -0.25) is 4.79 Å². The van der Waals surface area contributed by atoms with Gasteiger partial charge >= 0.3 is 0 Å². The number of hydrogen-bond acceptors (Lipinski definition) is 4. The predicted octanol–water partition coefficient (Wildman–Crippen LogP) is 2.97. The van der Waals surface area contributed by atoms with Crippen molar-refractivity contribution in [2.24, 2.45) is 0 Å². The van der Waals surface area contributed by atoms with Gasteiger partial charge in [-0.2, -0.15) is 0 Å². The third kappa shape index (κ3) is 5.50. The molecule has 0 fully saturated rings. The molecule has 0 bridgehead atoms. The number of benzene rings is 2. The van der Waals surface area contributed by atoms with Crippen LogP contribution < -0.4 is 19.5 Å². The van der Waals surface area contributed by atoms with E-state index in [2.05, 4.69) is 5.32 Å². The van der Waals surface area contributed by atoms with Crippen LogP contribution in [0.5, 0.6) is 17.2 Å². The standard InChI is InChI=1S/C19H23NO4/c1-14-7-9-16(10-8-14)23-12-11-20-19(21)15(2)24-18-6-4-5-17(13-18)22-3/h4-10,13,15H,11-12H2,1-3H3,(H,20,21). The minimum absolute atomic E-state index is 0.190. The van der Waals surface area contributed by atoms with E-state index in [9.17, 15) is 4.79 Å². The van der Waals surface area contributed by atoms with Gasteiger partial charge in [-0.15, -0.1) is 0 Å². The minimum Gasteiger partial charge on any atom is -0.497 e. The van der Waals surface area contributed by atoms with Crippen LogP contribution in [0.2, 0.25) is 0 Å². The van der Waals surface area contributed by atoms with Crippen LogP contribution in [0.1, 0.15) is 12.5 Å². The normalized spacial score (nSPS) is 11.5. The molecule has 1 N–H and O–H groups in total. The molecule has 0 saturated heterocycles. The Morgan fingerprint density at radius 2 is 1.79 bits per heavy atom. The summed E-state index contributed by atoms with van der Waals surface area (Å²) in [5, 5.41) is 2.79. The number of nitrogens with one attached hydrogen (secondary N) is 1. The number of methoxy groups -OCH3 is 1. The molecule has 0 saturated carbocycles. The highest BCUT2D eigenvalue weighted by Gasteiger charge is 2.14. The average Bonchev–Trinajstić information content (AvgIpc) is 2.60. The average molecular weight is 329 g/mol. The highest BCUT2D eigenvalue weighted by Crippen LogP contribution is 2.19. The number of aryl methyl sites for hydroxylation is 1. The van der Waals surface area contributed by atoms with E-state index in [1.54, 1.807) is 26.2 Å². The van der Waals surface area contributed by atoms with Gasteiger partial charge < -0.3 is 19.5 Å². The Hall–Kier alpha value is -2.69. The Bertz CT molecular complexity index is 655. The zero-order valence-corrected chi connectivity index (χ0v) is 14.2. The van der Waals surface area contributed by atoms with Crippen molar-refractivity contribution in [2.45, 2.75) is 20.0 Å². The molecule has 0 aliphatic carbocycles. The van der Waals surface area contributed by atoms with E-state index in [4.69, 9.17) is 14.2 Å². The van der Waals surface area contributed by atoms with E-state index >= 15 is 0 Å². The van der Waals surface area contributed by atoms with Gasteiger partial charge in [0, 0.05) is 6.07 Å². The van der Waals surface area contributed by atoms with Gasteiger partial charge in [0.1, 0.15) is 23.9 Å². The fourth-order valence-corrected chi connectivity index (χ4v) is 2.05. The summed E-state index contributed by atoms with van der Waals surface area (Å²) >= 11 is 0. The number of carbonyl (C=O) groups excluding carboxylic acids is 1. The maximum absolute atomic E-state index is 12.0. The molecule has 1 atom stereocenters. The summed E-state index contributed by atoms with van der Waals surface area (Å²) in [5.41, 5.74) is 1.18. The summed E-state index contributed by atoms with van der Waals surface area (Å²) in [5.74, 6) is 1.88. The van der Waals surface area contributed by atoms with Crippen molar-refractivity contribution >= 4 is 5.91 Å². The van der Waals surface area contributed by atoms with Crippen LogP contribution in [0.4, 0.5) is 0 Å². The molecule has 0 aromatic heterocycles. The quantitative estimate of drug-likeness (QED) is 0.757. The largest absolute Gasteiger partial charge is 0.497 e. The first-order valence-electron chi connectivity index (χ1n) is 7.86. The first-order valence-corrected chi connectivity index (χ1v) is 7.86. The van der Waals surface area contributed by atoms with E-state index in [1.165, 1.54) is 5.56 Å². The lowest BCUT2D eigenvalue weighted by Crippen LogP contribution is -2.38. The Balaban J connectivity index is 1.72. The summed E-state index contributed by atoms with van der Waals surface area (Å²) < 4.78 is 16.3. The zero-order chi connectivity index (χ0) is 17.4. The maximum atomic E-state index is 12.0. The highest BCUT2D eigenvalue weighted by atomic mass is 16.5. The van der Waals surface area contributed by atoms with Crippen LogP contribution in [0.3, 0.4) is 0 Å². The first kappa shape index (κ1) is 17.7. The topological polar surface area (TPSA) is 56.8 Å². The molecule has 24 heavy (non-hydrogen) atoms. The van der Waals surface area contributed by atoms with E-state index in [-0.39, 0.29) is 5.91 Å². The second-order valence-corrected chi connectivity index (χ2v) is 5.39. The molecule has 1 amide bonds. The van der Waals surface area contributed by atoms with E-state index in [0.717, 1.165) is 5.75 Å². The molecule has 1 unspecified atom stereocenters. The molecule has 2 rings (SSSR count). The molecular weight excluding hydrogens is 306 g/mol. The number of hydrogen-bond donors (Lipinski definition) is 1. The monoisotopic (exact) mass is 329 g/mol. The Morgan fingerprint density at radius 1 is 1.08 bits per heavy atom. The molecule has 5 heteroatoms. The van der Waals surface area contributed by atoms with Gasteiger partial charge in [0.15, 0.2) is 6.10 Å². The number of rotatable bonds is 8. The summed E-state index contributed by atoms with van der Waals surface area (Å²) in [7, 11) is 1.59. The van der Waals surface area contributed by atoms with Crippen LogP contribution >= 0.6 is 0 Å². The Labute approximate surface area is 142 Å². The molecule has 5 nitrogen and oxygen atoms in total. The van der Waals surface area contributed by atoms with Crippen molar-refractivity contribution in [2.75, 3.05) is 20.3 Å². The molecule has 128 valence electrons. The van der Waals surface area contributed by atoms with Crippen molar-refractivity contribution in [3.8, 4) is 17.2 Å². The van der Waals surface area contributed by atoms with Crippen molar-refractivity contribution < 1.29 is 19.0 Å². The van der Waals surface area contributed by atoms with Crippen LogP contribution in [-0.4, -0.2) is 32.3 Å². The molecule has 0 aliphatic heterocycles. The predicted molar refractivity (Wildman–Crippen MR) is 92.8 cm³/mol. The third-order valence-corrected chi connectivity index (χ3v) is 3.41. The molecule has 0 radical (unpaired) electrons. The fraction of sp³-hybridized carbons (Fsp3) is 0.316. The van der Waals surface area contributed by atoms with Crippen molar-refractivity contribution in [3.63, 3.8) is 0 Å². The third-order valence-electron chi connectivity index (χ3n) is 3.41. The lowest BCUT2D eigenvalue weighted by atomic mass is 10.2. The molecule has 2 aromatic carbocycles. The molecule has 0 aliphatic rings. The molecule has 0 heterocycles. The van der Waals surface area contributed by atoms with Crippen LogP contribution in [-0.2, 0) is 4.79 Å². The molecule has 2 aromatic rings. The SMILES string of the molecule is COc1cccc(OC(C)C(=O)NCCOc2ccc(C)cc2)c1. The number of carbonyl (C=O) groups is 1. The fourth-order valence-electron chi connectivity index (χ4n) is 2.05. The second kappa shape index (κ2) is 8.82. The van der Waals surface area contributed by atoms with Crippen molar-refractivity contribution in [1.82, 2.24) is 5.32 Å². The smallest absolute Gasteiger partial charge is 0.260 e. The second-order valence-electron chi connectivity index (χ2n) is 5.39.